The second-order valence-electron chi connectivity index (χ2n) is 3.14. The minimum absolute atomic E-state index is 0.761. The minimum Gasteiger partial charge on any atom is -0.492 e. The summed E-state index contributed by atoms with van der Waals surface area (Å²) in [5.41, 5.74) is 0. The summed E-state index contributed by atoms with van der Waals surface area (Å²) in [6, 6.07) is 7.99. The van der Waals surface area contributed by atoms with Gasteiger partial charge in [-0.3, -0.25) is 0 Å². The van der Waals surface area contributed by atoms with E-state index in [1.807, 2.05) is 36.0 Å². The van der Waals surface area contributed by atoms with Crippen molar-refractivity contribution < 1.29 is 4.74 Å². The summed E-state index contributed by atoms with van der Waals surface area (Å²) in [6.45, 7) is 0.857. The maximum atomic E-state index is 5.68. The van der Waals surface area contributed by atoms with Crippen molar-refractivity contribution in [3.8, 4) is 5.75 Å². The average molecular weight is 259 g/mol. The van der Waals surface area contributed by atoms with Crippen molar-refractivity contribution in [2.45, 2.75) is 0 Å². The van der Waals surface area contributed by atoms with E-state index in [1.165, 1.54) is 11.5 Å². The van der Waals surface area contributed by atoms with Crippen LogP contribution < -0.4 is 4.74 Å². The Labute approximate surface area is 91.0 Å². The van der Waals surface area contributed by atoms with Gasteiger partial charge in [0.2, 0.25) is 0 Å². The normalized spacial score (nSPS) is 16.7. The number of hydrogen-bond acceptors (Lipinski definition) is 2. The van der Waals surface area contributed by atoms with Gasteiger partial charge in [0.05, 0.1) is 11.1 Å². The highest BCUT2D eigenvalue weighted by atomic mass is 79.9. The predicted molar refractivity (Wildman–Crippen MR) is 60.5 cm³/mol. The van der Waals surface area contributed by atoms with Crippen molar-refractivity contribution >= 4 is 27.7 Å². The monoisotopic (exact) mass is 258 g/mol. The topological polar surface area (TPSA) is 9.23 Å². The van der Waals surface area contributed by atoms with E-state index < -0.39 is 0 Å². The molecule has 0 atom stereocenters. The van der Waals surface area contributed by atoms with Gasteiger partial charge in [-0.25, -0.2) is 0 Å². The molecule has 1 heterocycles. The van der Waals surface area contributed by atoms with Crippen LogP contribution in [0.25, 0.3) is 0 Å². The van der Waals surface area contributed by atoms with Crippen LogP contribution in [-0.2, 0) is 0 Å². The lowest BCUT2D eigenvalue weighted by molar-refractivity contribution is 0.268. The third kappa shape index (κ3) is 2.41. The van der Waals surface area contributed by atoms with E-state index in [0.717, 1.165) is 22.7 Å². The molecule has 13 heavy (non-hydrogen) atoms. The molecular weight excluding hydrogens is 248 g/mol. The Kier molecular flexibility index (Phi) is 3.17. The van der Waals surface area contributed by atoms with Crippen molar-refractivity contribution in [2.75, 3.05) is 18.1 Å². The number of ether oxygens (including phenoxy) is 1. The summed E-state index contributed by atoms with van der Waals surface area (Å²) in [5, 5.41) is 0. The molecule has 0 radical (unpaired) electrons. The second-order valence-corrected chi connectivity index (χ2v) is 5.07. The molecule has 0 unspecified atom stereocenters. The van der Waals surface area contributed by atoms with Crippen LogP contribution in [0.15, 0.2) is 28.7 Å². The highest BCUT2D eigenvalue weighted by molar-refractivity contribution is 9.10. The zero-order chi connectivity index (χ0) is 9.10. The third-order valence-corrected chi connectivity index (χ3v) is 4.09. The van der Waals surface area contributed by atoms with Gasteiger partial charge < -0.3 is 4.74 Å². The quantitative estimate of drug-likeness (QED) is 0.824. The van der Waals surface area contributed by atoms with Crippen LogP contribution in [-0.4, -0.2) is 18.1 Å². The van der Waals surface area contributed by atoms with E-state index in [-0.39, 0.29) is 0 Å². The van der Waals surface area contributed by atoms with Crippen LogP contribution in [0.1, 0.15) is 0 Å². The van der Waals surface area contributed by atoms with Gasteiger partial charge in [-0.1, -0.05) is 12.1 Å². The maximum Gasteiger partial charge on any atom is 0.133 e. The minimum atomic E-state index is 0.761. The number of thioether (sulfide) groups is 1. The first-order valence-corrected chi connectivity index (χ1v) is 6.26. The highest BCUT2D eigenvalue weighted by Gasteiger charge is 2.18. The molecule has 1 nitrogen and oxygen atoms in total. The average Bonchev–Trinajstić information content (AvgIpc) is 2.05. The summed E-state index contributed by atoms with van der Waals surface area (Å²) in [7, 11) is 0. The molecule has 0 aromatic heterocycles. The van der Waals surface area contributed by atoms with Gasteiger partial charge >= 0.3 is 0 Å². The first kappa shape index (κ1) is 9.41. The molecule has 1 aliphatic rings. The zero-order valence-electron chi connectivity index (χ0n) is 7.20. The summed E-state index contributed by atoms with van der Waals surface area (Å²) in [4.78, 5) is 0. The highest BCUT2D eigenvalue weighted by Crippen LogP contribution is 2.28. The molecule has 0 aliphatic carbocycles. The van der Waals surface area contributed by atoms with Crippen LogP contribution in [0.4, 0.5) is 0 Å². The largest absolute Gasteiger partial charge is 0.492 e. The Morgan fingerprint density at radius 3 is 2.77 bits per heavy atom. The lowest BCUT2D eigenvalue weighted by Gasteiger charge is -2.24. The Morgan fingerprint density at radius 1 is 1.38 bits per heavy atom. The molecule has 0 spiro atoms. The maximum absolute atomic E-state index is 5.68. The van der Waals surface area contributed by atoms with Gasteiger partial charge in [-0.2, -0.15) is 11.8 Å². The molecule has 0 N–H and O–H groups in total. The fraction of sp³-hybridized carbons (Fsp3) is 0.400. The molecule has 0 saturated carbocycles. The van der Waals surface area contributed by atoms with Crippen molar-refractivity contribution in [1.82, 2.24) is 0 Å². The standard InChI is InChI=1S/C10H11BrOS/c11-9-3-1-2-4-10(9)12-5-8-6-13-7-8/h1-4,8H,5-7H2. The Hall–Kier alpha value is -0.150. The molecule has 0 amide bonds. The van der Waals surface area contributed by atoms with Gasteiger partial charge in [0.15, 0.2) is 0 Å². The fourth-order valence-corrected chi connectivity index (χ4v) is 2.31. The number of benzene rings is 1. The van der Waals surface area contributed by atoms with E-state index in [0.29, 0.717) is 0 Å². The lowest BCUT2D eigenvalue weighted by Crippen LogP contribution is -2.25. The Morgan fingerprint density at radius 2 is 2.15 bits per heavy atom. The second kappa shape index (κ2) is 4.38. The van der Waals surface area contributed by atoms with E-state index in [4.69, 9.17) is 4.74 Å². The Bertz CT molecular complexity index is 286. The summed E-state index contributed by atoms with van der Waals surface area (Å²) >= 11 is 5.45. The van der Waals surface area contributed by atoms with Crippen LogP contribution in [0.2, 0.25) is 0 Å². The van der Waals surface area contributed by atoms with Crippen molar-refractivity contribution in [1.29, 1.82) is 0 Å². The molecule has 1 fully saturated rings. The van der Waals surface area contributed by atoms with E-state index in [2.05, 4.69) is 15.9 Å². The van der Waals surface area contributed by atoms with Crippen LogP contribution in [0.5, 0.6) is 5.75 Å². The molecule has 1 aromatic carbocycles. The van der Waals surface area contributed by atoms with Gasteiger partial charge in [0, 0.05) is 17.4 Å². The smallest absolute Gasteiger partial charge is 0.133 e. The van der Waals surface area contributed by atoms with Gasteiger partial charge in [0.25, 0.3) is 0 Å². The van der Waals surface area contributed by atoms with Gasteiger partial charge in [-0.05, 0) is 28.1 Å². The number of rotatable bonds is 3. The van der Waals surface area contributed by atoms with Crippen LogP contribution in [0.3, 0.4) is 0 Å². The lowest BCUT2D eigenvalue weighted by atomic mass is 10.2. The molecule has 1 saturated heterocycles. The molecule has 0 bridgehead atoms. The first-order valence-electron chi connectivity index (χ1n) is 4.31. The summed E-state index contributed by atoms with van der Waals surface area (Å²) in [6.07, 6.45) is 0. The number of para-hydroxylation sites is 1. The van der Waals surface area contributed by atoms with Crippen molar-refractivity contribution in [3.05, 3.63) is 28.7 Å². The molecule has 70 valence electrons. The van der Waals surface area contributed by atoms with Crippen LogP contribution >= 0.6 is 27.7 Å². The van der Waals surface area contributed by atoms with Crippen molar-refractivity contribution in [2.24, 2.45) is 5.92 Å². The first-order chi connectivity index (χ1) is 6.36. The van der Waals surface area contributed by atoms with Crippen molar-refractivity contribution in [3.63, 3.8) is 0 Å². The van der Waals surface area contributed by atoms with E-state index in [9.17, 15) is 0 Å². The van der Waals surface area contributed by atoms with E-state index >= 15 is 0 Å². The molecule has 2 rings (SSSR count). The number of halogens is 1. The molecule has 1 aliphatic heterocycles. The predicted octanol–water partition coefficient (Wildman–Crippen LogP) is 3.19. The molecule has 1 aromatic rings. The fourth-order valence-electron chi connectivity index (χ4n) is 1.15. The zero-order valence-corrected chi connectivity index (χ0v) is 9.61. The molecule has 3 heteroatoms. The van der Waals surface area contributed by atoms with Gasteiger partial charge in [-0.15, -0.1) is 0 Å². The van der Waals surface area contributed by atoms with Gasteiger partial charge in [0.1, 0.15) is 5.75 Å². The van der Waals surface area contributed by atoms with Crippen LogP contribution in [0, 0.1) is 5.92 Å². The Balaban J connectivity index is 1.89. The van der Waals surface area contributed by atoms with E-state index in [1.54, 1.807) is 0 Å². The summed E-state index contributed by atoms with van der Waals surface area (Å²) in [5.74, 6) is 4.23. The summed E-state index contributed by atoms with van der Waals surface area (Å²) < 4.78 is 6.72. The SMILES string of the molecule is Brc1ccccc1OCC1CSC1. The third-order valence-electron chi connectivity index (χ3n) is 2.02. The molecular formula is C10H11BrOS. The number of hydrogen-bond donors (Lipinski definition) is 0.